The van der Waals surface area contributed by atoms with Crippen molar-refractivity contribution < 1.29 is 14.5 Å². The molecule has 2 aromatic carbocycles. The minimum absolute atomic E-state index is 0.0235. The van der Waals surface area contributed by atoms with Gasteiger partial charge in [-0.25, -0.2) is 9.78 Å². The molecule has 1 heterocycles. The number of nitrogens with one attached hydrogen (secondary N) is 1. The van der Waals surface area contributed by atoms with Crippen molar-refractivity contribution in [3.05, 3.63) is 79.9 Å². The van der Waals surface area contributed by atoms with Crippen LogP contribution >= 0.6 is 0 Å². The maximum Gasteiger partial charge on any atom is 0.337 e. The van der Waals surface area contributed by atoms with Gasteiger partial charge in [-0.15, -0.1) is 0 Å². The number of rotatable bonds is 6. The number of carbonyl (C=O) groups excluding carboxylic acids is 1. The second-order valence-electron chi connectivity index (χ2n) is 6.68. The van der Waals surface area contributed by atoms with Crippen LogP contribution in [-0.4, -0.2) is 39.9 Å². The second-order valence-corrected chi connectivity index (χ2v) is 6.68. The van der Waals surface area contributed by atoms with Crippen molar-refractivity contribution in [2.45, 2.75) is 19.5 Å². The maximum absolute atomic E-state index is 12.4. The molecule has 0 spiro atoms. The topological polar surface area (TPSA) is 118 Å². The lowest BCUT2D eigenvalue weighted by Gasteiger charge is -2.24. The van der Waals surface area contributed by atoms with Gasteiger partial charge in [-0.1, -0.05) is 12.1 Å². The number of nitro benzene ring substituents is 1. The molecule has 0 bridgehead atoms. The van der Waals surface area contributed by atoms with E-state index in [0.29, 0.717) is 28.8 Å². The van der Waals surface area contributed by atoms with Gasteiger partial charge in [-0.05, 0) is 37.7 Å². The first-order valence-corrected chi connectivity index (χ1v) is 8.86. The van der Waals surface area contributed by atoms with Crippen LogP contribution in [0.4, 0.5) is 5.69 Å². The Kier molecular flexibility index (Phi) is 5.69. The van der Waals surface area contributed by atoms with E-state index >= 15 is 0 Å². The van der Waals surface area contributed by atoms with E-state index in [4.69, 9.17) is 4.74 Å². The molecule has 0 saturated heterocycles. The fourth-order valence-corrected chi connectivity index (χ4v) is 3.03. The number of aromatic amines is 1. The first kappa shape index (κ1) is 20.2. The molecule has 0 fully saturated rings. The Bertz CT molecular complexity index is 1140. The molecule has 1 aromatic heterocycles. The van der Waals surface area contributed by atoms with Gasteiger partial charge in [-0.3, -0.25) is 19.8 Å². The Morgan fingerprint density at radius 1 is 1.31 bits per heavy atom. The third-order valence-corrected chi connectivity index (χ3v) is 4.80. The number of aromatic nitrogens is 2. The van der Waals surface area contributed by atoms with Crippen LogP contribution in [0.2, 0.25) is 0 Å². The van der Waals surface area contributed by atoms with Crippen molar-refractivity contribution in [2.24, 2.45) is 0 Å². The van der Waals surface area contributed by atoms with Crippen molar-refractivity contribution in [1.29, 1.82) is 0 Å². The largest absolute Gasteiger partial charge is 0.465 e. The van der Waals surface area contributed by atoms with Crippen LogP contribution in [0, 0.1) is 10.1 Å². The van der Waals surface area contributed by atoms with Crippen LogP contribution in [0.15, 0.2) is 47.3 Å². The summed E-state index contributed by atoms with van der Waals surface area (Å²) in [5.41, 5.74) is 1.19. The first-order valence-electron chi connectivity index (χ1n) is 8.86. The molecule has 9 heteroatoms. The Morgan fingerprint density at radius 2 is 2.07 bits per heavy atom. The van der Waals surface area contributed by atoms with E-state index in [1.165, 1.54) is 37.4 Å². The molecule has 0 saturated carbocycles. The van der Waals surface area contributed by atoms with Crippen LogP contribution in [0.25, 0.3) is 10.9 Å². The minimum Gasteiger partial charge on any atom is -0.465 e. The molecule has 150 valence electrons. The van der Waals surface area contributed by atoms with Gasteiger partial charge in [0.25, 0.3) is 11.2 Å². The molecule has 0 radical (unpaired) electrons. The predicted octanol–water partition coefficient (Wildman–Crippen LogP) is 2.81. The smallest absolute Gasteiger partial charge is 0.337 e. The average molecular weight is 396 g/mol. The van der Waals surface area contributed by atoms with Gasteiger partial charge in [0.15, 0.2) is 0 Å². The highest BCUT2D eigenvalue weighted by atomic mass is 16.6. The zero-order chi connectivity index (χ0) is 21.1. The highest BCUT2D eigenvalue weighted by Crippen LogP contribution is 2.24. The second kappa shape index (κ2) is 8.19. The lowest BCUT2D eigenvalue weighted by molar-refractivity contribution is -0.384. The third-order valence-electron chi connectivity index (χ3n) is 4.80. The van der Waals surface area contributed by atoms with Crippen LogP contribution in [0.5, 0.6) is 0 Å². The van der Waals surface area contributed by atoms with Gasteiger partial charge >= 0.3 is 5.97 Å². The summed E-state index contributed by atoms with van der Waals surface area (Å²) in [6.45, 7) is 2.21. The van der Waals surface area contributed by atoms with E-state index in [1.54, 1.807) is 6.07 Å². The van der Waals surface area contributed by atoms with Gasteiger partial charge < -0.3 is 9.72 Å². The molecule has 1 atom stereocenters. The number of methoxy groups -OCH3 is 1. The molecule has 1 N–H and O–H groups in total. The zero-order valence-corrected chi connectivity index (χ0v) is 16.2. The average Bonchev–Trinajstić information content (AvgIpc) is 2.72. The highest BCUT2D eigenvalue weighted by molar-refractivity contribution is 5.93. The van der Waals surface area contributed by atoms with E-state index in [0.717, 1.165) is 5.56 Å². The van der Waals surface area contributed by atoms with Crippen LogP contribution in [0.3, 0.4) is 0 Å². The summed E-state index contributed by atoms with van der Waals surface area (Å²) in [7, 11) is 3.12. The van der Waals surface area contributed by atoms with E-state index in [2.05, 4.69) is 9.97 Å². The molecule has 0 amide bonds. The molecule has 3 rings (SSSR count). The van der Waals surface area contributed by atoms with Crippen molar-refractivity contribution in [3.8, 4) is 0 Å². The number of hydrogen-bond acceptors (Lipinski definition) is 7. The Morgan fingerprint density at radius 3 is 2.76 bits per heavy atom. The summed E-state index contributed by atoms with van der Waals surface area (Å²) in [4.78, 5) is 43.8. The Balaban J connectivity index is 1.88. The number of benzene rings is 2. The van der Waals surface area contributed by atoms with Crippen molar-refractivity contribution >= 4 is 22.6 Å². The van der Waals surface area contributed by atoms with Crippen LogP contribution in [0.1, 0.15) is 34.7 Å². The number of nitro groups is 1. The molecule has 29 heavy (non-hydrogen) atoms. The van der Waals surface area contributed by atoms with E-state index < -0.39 is 10.9 Å². The van der Waals surface area contributed by atoms with E-state index in [9.17, 15) is 19.7 Å². The maximum atomic E-state index is 12.4. The fourth-order valence-electron chi connectivity index (χ4n) is 3.03. The minimum atomic E-state index is -0.507. The fraction of sp³-hybridized carbons (Fsp3) is 0.250. The van der Waals surface area contributed by atoms with E-state index in [1.807, 2.05) is 24.9 Å². The van der Waals surface area contributed by atoms with Crippen molar-refractivity contribution in [1.82, 2.24) is 14.9 Å². The molecule has 0 aliphatic carbocycles. The number of H-pyrrole nitrogens is 1. The Hall–Kier alpha value is -3.59. The monoisotopic (exact) mass is 396 g/mol. The van der Waals surface area contributed by atoms with Gasteiger partial charge in [0.1, 0.15) is 5.82 Å². The molecule has 0 aliphatic heterocycles. The number of nitrogens with zero attached hydrogens (tertiary/aromatic N) is 3. The first-order chi connectivity index (χ1) is 13.8. The van der Waals surface area contributed by atoms with E-state index in [-0.39, 0.29) is 17.3 Å². The molecular weight excluding hydrogens is 376 g/mol. The van der Waals surface area contributed by atoms with Gasteiger partial charge in [0.05, 0.1) is 35.0 Å². The summed E-state index contributed by atoms with van der Waals surface area (Å²) in [5.74, 6) is -0.0868. The molecule has 9 nitrogen and oxygen atoms in total. The molecule has 0 aliphatic rings. The number of esters is 1. The zero-order valence-electron chi connectivity index (χ0n) is 16.2. The molecular formula is C20H20N4O5. The quantitative estimate of drug-likeness (QED) is 0.387. The lowest BCUT2D eigenvalue weighted by Crippen LogP contribution is -2.25. The normalized spacial score (nSPS) is 12.1. The number of fused-ring (bicyclic) bond motifs is 1. The number of hydrogen-bond donors (Lipinski definition) is 1. The molecule has 1 unspecified atom stereocenters. The summed E-state index contributed by atoms with van der Waals surface area (Å²) < 4.78 is 4.71. The van der Waals surface area contributed by atoms with Gasteiger partial charge in [0.2, 0.25) is 0 Å². The van der Waals surface area contributed by atoms with Crippen molar-refractivity contribution in [3.63, 3.8) is 0 Å². The van der Waals surface area contributed by atoms with Crippen molar-refractivity contribution in [2.75, 3.05) is 14.2 Å². The van der Waals surface area contributed by atoms with Crippen LogP contribution in [-0.2, 0) is 11.3 Å². The van der Waals surface area contributed by atoms with Gasteiger partial charge in [0, 0.05) is 18.2 Å². The molecule has 3 aromatic rings. The number of non-ortho nitro benzene ring substituents is 1. The van der Waals surface area contributed by atoms with Gasteiger partial charge in [-0.2, -0.15) is 0 Å². The summed E-state index contributed by atoms with van der Waals surface area (Å²) in [5, 5.41) is 11.4. The summed E-state index contributed by atoms with van der Waals surface area (Å²) in [6.07, 6.45) is 0. The Labute approximate surface area is 166 Å². The standard InChI is InChI=1S/C20H20N4O5/c1-12(13-5-4-6-15(9-13)24(27)28)23(2)11-18-21-17-10-14(20(26)29-3)7-8-16(17)19(25)22-18/h4-10,12H,11H2,1-3H3,(H,21,22,25). The predicted molar refractivity (Wildman–Crippen MR) is 107 cm³/mol. The highest BCUT2D eigenvalue weighted by Gasteiger charge is 2.17. The number of carbonyl (C=O) groups is 1. The summed E-state index contributed by atoms with van der Waals surface area (Å²) in [6, 6.07) is 10.8. The number of ether oxygens (including phenoxy) is 1. The summed E-state index contributed by atoms with van der Waals surface area (Å²) >= 11 is 0. The van der Waals surface area contributed by atoms with Crippen LogP contribution < -0.4 is 5.56 Å². The lowest BCUT2D eigenvalue weighted by atomic mass is 10.1. The third kappa shape index (κ3) is 4.30. The SMILES string of the molecule is COC(=O)c1ccc2c(=O)[nH]c(CN(C)C(C)c3cccc([N+](=O)[O-])c3)nc2c1.